The molecule has 76 valence electrons. The molecule has 0 atom stereocenters. The molecule has 0 spiro atoms. The molecule has 2 heteroatoms. The summed E-state index contributed by atoms with van der Waals surface area (Å²) >= 11 is 0. The highest BCUT2D eigenvalue weighted by atomic mass is 16.7. The SMILES string of the molecule is CCO[n+]1ccccc1C1CCCC1. The number of hydrogen-bond donors (Lipinski definition) is 0. The molecule has 0 unspecified atom stereocenters. The normalized spacial score (nSPS) is 17.2. The number of aromatic nitrogens is 1. The van der Waals surface area contributed by atoms with E-state index in [1.165, 1.54) is 31.4 Å². The van der Waals surface area contributed by atoms with Crippen LogP contribution in [0.4, 0.5) is 0 Å². The molecule has 0 aliphatic heterocycles. The third-order valence-corrected chi connectivity index (χ3v) is 2.90. The number of rotatable bonds is 3. The van der Waals surface area contributed by atoms with Crippen LogP contribution in [0.5, 0.6) is 0 Å². The first-order valence-corrected chi connectivity index (χ1v) is 5.55. The molecular weight excluding hydrogens is 174 g/mol. The molecule has 1 saturated carbocycles. The van der Waals surface area contributed by atoms with Crippen LogP contribution in [0.1, 0.15) is 44.2 Å². The fourth-order valence-corrected chi connectivity index (χ4v) is 2.24. The van der Waals surface area contributed by atoms with Gasteiger partial charge in [0, 0.05) is 22.8 Å². The van der Waals surface area contributed by atoms with Crippen LogP contribution in [0.25, 0.3) is 0 Å². The van der Waals surface area contributed by atoms with Crippen LogP contribution in [-0.4, -0.2) is 6.61 Å². The van der Waals surface area contributed by atoms with Crippen LogP contribution in [0.3, 0.4) is 0 Å². The van der Waals surface area contributed by atoms with Crippen molar-refractivity contribution in [2.24, 2.45) is 0 Å². The van der Waals surface area contributed by atoms with E-state index in [2.05, 4.69) is 12.1 Å². The molecule has 1 aliphatic carbocycles. The van der Waals surface area contributed by atoms with Crippen LogP contribution < -0.4 is 9.57 Å². The molecule has 0 N–H and O–H groups in total. The molecule has 0 amide bonds. The molecule has 14 heavy (non-hydrogen) atoms. The Kier molecular flexibility index (Phi) is 3.02. The van der Waals surface area contributed by atoms with Gasteiger partial charge in [-0.2, -0.15) is 0 Å². The Balaban J connectivity index is 2.21. The lowest BCUT2D eigenvalue weighted by molar-refractivity contribution is -0.896. The Bertz CT molecular complexity index is 292. The topological polar surface area (TPSA) is 13.1 Å². The van der Waals surface area contributed by atoms with Gasteiger partial charge in [0.25, 0.3) is 0 Å². The molecule has 0 bridgehead atoms. The average Bonchev–Trinajstić information content (AvgIpc) is 2.72. The van der Waals surface area contributed by atoms with Gasteiger partial charge in [-0.3, -0.25) is 4.84 Å². The summed E-state index contributed by atoms with van der Waals surface area (Å²) in [7, 11) is 0. The van der Waals surface area contributed by atoms with E-state index in [1.807, 2.05) is 23.9 Å². The van der Waals surface area contributed by atoms with Gasteiger partial charge in [0.1, 0.15) is 0 Å². The van der Waals surface area contributed by atoms with E-state index in [1.54, 1.807) is 0 Å². The first-order chi connectivity index (χ1) is 6.92. The van der Waals surface area contributed by atoms with E-state index >= 15 is 0 Å². The van der Waals surface area contributed by atoms with Crippen molar-refractivity contribution in [1.29, 1.82) is 0 Å². The van der Waals surface area contributed by atoms with Crippen LogP contribution in [0.2, 0.25) is 0 Å². The Morgan fingerprint density at radius 3 is 2.86 bits per heavy atom. The van der Waals surface area contributed by atoms with Gasteiger partial charge in [-0.1, -0.05) is 12.8 Å². The molecule has 2 nitrogen and oxygen atoms in total. The van der Waals surface area contributed by atoms with Gasteiger partial charge in [-0.05, 0) is 25.8 Å². The van der Waals surface area contributed by atoms with E-state index in [-0.39, 0.29) is 0 Å². The van der Waals surface area contributed by atoms with Crippen LogP contribution in [0, 0.1) is 0 Å². The lowest BCUT2D eigenvalue weighted by Gasteiger charge is -2.06. The van der Waals surface area contributed by atoms with Gasteiger partial charge in [-0.15, -0.1) is 0 Å². The first-order valence-electron chi connectivity index (χ1n) is 5.55. The molecule has 1 heterocycles. The predicted octanol–water partition coefficient (Wildman–Crippen LogP) is 2.08. The lowest BCUT2D eigenvalue weighted by atomic mass is 10.0. The Morgan fingerprint density at radius 1 is 1.36 bits per heavy atom. The summed E-state index contributed by atoms with van der Waals surface area (Å²) in [5.74, 6) is 0.711. The van der Waals surface area contributed by atoms with Crippen molar-refractivity contribution in [2.75, 3.05) is 6.61 Å². The number of nitrogens with zero attached hydrogens (tertiary/aromatic N) is 1. The zero-order valence-electron chi connectivity index (χ0n) is 8.78. The van der Waals surface area contributed by atoms with Crippen molar-refractivity contribution in [3.63, 3.8) is 0 Å². The monoisotopic (exact) mass is 192 g/mol. The van der Waals surface area contributed by atoms with Gasteiger partial charge < -0.3 is 0 Å². The second-order valence-electron chi connectivity index (χ2n) is 3.85. The van der Waals surface area contributed by atoms with Crippen molar-refractivity contribution in [3.8, 4) is 0 Å². The summed E-state index contributed by atoms with van der Waals surface area (Å²) in [5.41, 5.74) is 1.34. The van der Waals surface area contributed by atoms with Crippen LogP contribution in [0.15, 0.2) is 24.4 Å². The Morgan fingerprint density at radius 2 is 2.14 bits per heavy atom. The van der Waals surface area contributed by atoms with Gasteiger partial charge in [0.2, 0.25) is 11.9 Å². The minimum Gasteiger partial charge on any atom is -0.271 e. The van der Waals surface area contributed by atoms with E-state index in [0.29, 0.717) is 5.92 Å². The molecule has 0 saturated heterocycles. The third kappa shape index (κ3) is 1.89. The lowest BCUT2D eigenvalue weighted by Crippen LogP contribution is -2.46. The average molecular weight is 192 g/mol. The van der Waals surface area contributed by atoms with Gasteiger partial charge in [0.05, 0.1) is 0 Å². The predicted molar refractivity (Wildman–Crippen MR) is 55.0 cm³/mol. The molecule has 1 aliphatic rings. The maximum Gasteiger partial charge on any atom is 0.237 e. The first kappa shape index (κ1) is 9.50. The molecule has 1 aromatic rings. The van der Waals surface area contributed by atoms with Crippen LogP contribution in [-0.2, 0) is 0 Å². The summed E-state index contributed by atoms with van der Waals surface area (Å²) in [6.45, 7) is 2.76. The van der Waals surface area contributed by atoms with Crippen molar-refractivity contribution in [3.05, 3.63) is 30.1 Å². The van der Waals surface area contributed by atoms with Gasteiger partial charge in [0.15, 0.2) is 6.61 Å². The number of hydrogen-bond acceptors (Lipinski definition) is 1. The fraction of sp³-hybridized carbons (Fsp3) is 0.583. The Hall–Kier alpha value is -1.05. The smallest absolute Gasteiger partial charge is 0.237 e. The summed E-state index contributed by atoms with van der Waals surface area (Å²) in [5, 5.41) is 0. The quantitative estimate of drug-likeness (QED) is 0.668. The largest absolute Gasteiger partial charge is 0.271 e. The van der Waals surface area contributed by atoms with E-state index < -0.39 is 0 Å². The van der Waals surface area contributed by atoms with Gasteiger partial charge >= 0.3 is 0 Å². The minimum absolute atomic E-state index is 0.711. The zero-order chi connectivity index (χ0) is 9.80. The van der Waals surface area contributed by atoms with Gasteiger partial charge in [-0.25, -0.2) is 0 Å². The van der Waals surface area contributed by atoms with Crippen LogP contribution >= 0.6 is 0 Å². The summed E-state index contributed by atoms with van der Waals surface area (Å²) in [6.07, 6.45) is 7.38. The van der Waals surface area contributed by atoms with Crippen molar-refractivity contribution < 1.29 is 9.57 Å². The fourth-order valence-electron chi connectivity index (χ4n) is 2.24. The summed E-state index contributed by atoms with van der Waals surface area (Å²) in [6, 6.07) is 6.31. The summed E-state index contributed by atoms with van der Waals surface area (Å²) < 4.78 is 1.94. The van der Waals surface area contributed by atoms with Crippen molar-refractivity contribution in [2.45, 2.75) is 38.5 Å². The van der Waals surface area contributed by atoms with Crippen molar-refractivity contribution in [1.82, 2.24) is 0 Å². The molecule has 2 rings (SSSR count). The number of pyridine rings is 1. The standard InChI is InChI=1S/C12H18NO/c1-2-14-13-10-6-5-9-12(13)11-7-3-4-8-11/h5-6,9-11H,2-4,7-8H2,1H3/q+1. The molecule has 0 aromatic carbocycles. The van der Waals surface area contributed by atoms with E-state index in [4.69, 9.17) is 4.84 Å². The van der Waals surface area contributed by atoms with E-state index in [9.17, 15) is 0 Å². The molecule has 1 fully saturated rings. The van der Waals surface area contributed by atoms with E-state index in [0.717, 1.165) is 6.61 Å². The highest BCUT2D eigenvalue weighted by Crippen LogP contribution is 2.31. The minimum atomic E-state index is 0.711. The maximum absolute atomic E-state index is 5.57. The highest BCUT2D eigenvalue weighted by molar-refractivity contribution is 5.04. The molecular formula is C12H18NO+. The highest BCUT2D eigenvalue weighted by Gasteiger charge is 2.26. The zero-order valence-corrected chi connectivity index (χ0v) is 8.78. The second-order valence-corrected chi connectivity index (χ2v) is 3.85. The van der Waals surface area contributed by atoms with Crippen molar-refractivity contribution >= 4 is 0 Å². The summed E-state index contributed by atoms with van der Waals surface area (Å²) in [4.78, 5) is 5.57. The molecule has 0 radical (unpaired) electrons. The maximum atomic E-state index is 5.57. The molecule has 1 aromatic heterocycles. The Labute approximate surface area is 85.5 Å². The second kappa shape index (κ2) is 4.45. The third-order valence-electron chi connectivity index (χ3n) is 2.90.